The molecule has 1 heterocycles. The summed E-state index contributed by atoms with van der Waals surface area (Å²) in [6.45, 7) is 5.40. The number of nitrogens with zero attached hydrogens (tertiary/aromatic N) is 1. The largest absolute Gasteiger partial charge is 0.309 e. The second-order valence-electron chi connectivity index (χ2n) is 6.93. The SMILES string of the molecule is C=C/C(=C\C=N)CCN1Cc2ccc(F)cc2CC1Cc1ccc(F)cc1. The minimum Gasteiger partial charge on any atom is -0.309 e. The standard InChI is InChI=1S/C23H24F2N2/c1-2-17(9-11-26)10-12-27-16-19-5-8-22(25)14-20(19)15-23(27)13-18-3-6-21(24)7-4-18/h2-9,11,14,23,26H,1,10,12-13,15-16H2/b17-9+,26-11?. The van der Waals surface area contributed by atoms with Crippen LogP contribution in [-0.2, 0) is 19.4 Å². The van der Waals surface area contributed by atoms with Gasteiger partial charge in [-0.1, -0.05) is 30.9 Å². The first-order chi connectivity index (χ1) is 13.1. The molecule has 1 unspecified atom stereocenters. The number of halogens is 2. The zero-order chi connectivity index (χ0) is 19.2. The summed E-state index contributed by atoms with van der Waals surface area (Å²) in [4.78, 5) is 2.39. The zero-order valence-electron chi connectivity index (χ0n) is 15.3. The van der Waals surface area contributed by atoms with Gasteiger partial charge in [0.25, 0.3) is 0 Å². The molecular weight excluding hydrogens is 342 g/mol. The van der Waals surface area contributed by atoms with E-state index in [9.17, 15) is 8.78 Å². The second-order valence-corrected chi connectivity index (χ2v) is 6.93. The van der Waals surface area contributed by atoms with Crippen LogP contribution in [0.1, 0.15) is 23.1 Å². The Balaban J connectivity index is 1.81. The van der Waals surface area contributed by atoms with Crippen molar-refractivity contribution < 1.29 is 8.78 Å². The van der Waals surface area contributed by atoms with Crippen LogP contribution in [0.25, 0.3) is 0 Å². The van der Waals surface area contributed by atoms with Crippen molar-refractivity contribution in [3.05, 3.63) is 95.1 Å². The summed E-state index contributed by atoms with van der Waals surface area (Å²) >= 11 is 0. The van der Waals surface area contributed by atoms with E-state index >= 15 is 0 Å². The molecule has 1 aliphatic rings. The van der Waals surface area contributed by atoms with Crippen LogP contribution < -0.4 is 0 Å². The Labute approximate surface area is 159 Å². The van der Waals surface area contributed by atoms with Crippen LogP contribution in [0, 0.1) is 17.0 Å². The number of benzene rings is 2. The molecule has 1 aliphatic heterocycles. The van der Waals surface area contributed by atoms with Gasteiger partial charge in [0.05, 0.1) is 0 Å². The Morgan fingerprint density at radius 3 is 2.56 bits per heavy atom. The molecule has 0 amide bonds. The molecule has 0 fully saturated rings. The second kappa shape index (κ2) is 8.87. The number of allylic oxidation sites excluding steroid dienone is 2. The Bertz CT molecular complexity index is 840. The fourth-order valence-corrected chi connectivity index (χ4v) is 3.66. The lowest BCUT2D eigenvalue weighted by Crippen LogP contribution is -2.42. The molecule has 0 aromatic heterocycles. The molecular formula is C23H24F2N2. The van der Waals surface area contributed by atoms with Gasteiger partial charge in [-0.05, 0) is 71.9 Å². The monoisotopic (exact) mass is 366 g/mol. The molecule has 0 radical (unpaired) electrons. The van der Waals surface area contributed by atoms with Crippen molar-refractivity contribution >= 4 is 6.21 Å². The molecule has 2 aromatic rings. The predicted molar refractivity (Wildman–Crippen MR) is 106 cm³/mol. The third kappa shape index (κ3) is 4.98. The Hall–Kier alpha value is -2.59. The molecule has 2 aromatic carbocycles. The summed E-state index contributed by atoms with van der Waals surface area (Å²) in [6.07, 6.45) is 7.18. The van der Waals surface area contributed by atoms with E-state index in [2.05, 4.69) is 11.5 Å². The highest BCUT2D eigenvalue weighted by Crippen LogP contribution is 2.27. The number of nitrogens with one attached hydrogen (secondary N) is 1. The molecule has 1 atom stereocenters. The van der Waals surface area contributed by atoms with Gasteiger partial charge in [-0.15, -0.1) is 0 Å². The van der Waals surface area contributed by atoms with E-state index in [4.69, 9.17) is 5.41 Å². The van der Waals surface area contributed by atoms with Crippen LogP contribution in [-0.4, -0.2) is 23.7 Å². The maximum atomic E-state index is 13.7. The number of hydrogen-bond acceptors (Lipinski definition) is 2. The van der Waals surface area contributed by atoms with Crippen LogP contribution in [0.4, 0.5) is 8.78 Å². The van der Waals surface area contributed by atoms with E-state index in [-0.39, 0.29) is 17.7 Å². The van der Waals surface area contributed by atoms with Crippen LogP contribution >= 0.6 is 0 Å². The average molecular weight is 366 g/mol. The summed E-state index contributed by atoms with van der Waals surface area (Å²) in [6, 6.07) is 11.8. The first-order valence-electron chi connectivity index (χ1n) is 9.17. The zero-order valence-corrected chi connectivity index (χ0v) is 15.3. The van der Waals surface area contributed by atoms with Crippen molar-refractivity contribution in [1.82, 2.24) is 4.90 Å². The van der Waals surface area contributed by atoms with E-state index in [1.807, 2.05) is 18.2 Å². The lowest BCUT2D eigenvalue weighted by molar-refractivity contribution is 0.172. The number of rotatable bonds is 7. The van der Waals surface area contributed by atoms with Crippen molar-refractivity contribution in [3.8, 4) is 0 Å². The number of fused-ring (bicyclic) bond motifs is 1. The topological polar surface area (TPSA) is 27.1 Å². The van der Waals surface area contributed by atoms with Gasteiger partial charge < -0.3 is 5.41 Å². The normalized spacial score (nSPS) is 17.4. The van der Waals surface area contributed by atoms with Crippen LogP contribution in [0.3, 0.4) is 0 Å². The highest BCUT2D eigenvalue weighted by atomic mass is 19.1. The summed E-state index contributed by atoms with van der Waals surface area (Å²) in [7, 11) is 0. The van der Waals surface area contributed by atoms with Gasteiger partial charge in [-0.25, -0.2) is 8.78 Å². The highest BCUT2D eigenvalue weighted by molar-refractivity contribution is 5.69. The fourth-order valence-electron chi connectivity index (χ4n) is 3.66. The molecule has 0 spiro atoms. The van der Waals surface area contributed by atoms with Crippen molar-refractivity contribution in [2.75, 3.05) is 6.54 Å². The van der Waals surface area contributed by atoms with Gasteiger partial charge in [-0.2, -0.15) is 0 Å². The lowest BCUT2D eigenvalue weighted by atomic mass is 9.90. The molecule has 0 aliphatic carbocycles. The van der Waals surface area contributed by atoms with E-state index in [1.165, 1.54) is 24.4 Å². The molecule has 0 saturated heterocycles. The molecule has 0 saturated carbocycles. The molecule has 1 N–H and O–H groups in total. The summed E-state index contributed by atoms with van der Waals surface area (Å²) in [5.41, 5.74) is 4.31. The van der Waals surface area contributed by atoms with Crippen molar-refractivity contribution in [2.24, 2.45) is 0 Å². The van der Waals surface area contributed by atoms with E-state index in [1.54, 1.807) is 18.2 Å². The fraction of sp³-hybridized carbons (Fsp3) is 0.261. The van der Waals surface area contributed by atoms with Gasteiger partial charge in [0.15, 0.2) is 0 Å². The van der Waals surface area contributed by atoms with Crippen LogP contribution in [0.5, 0.6) is 0 Å². The Morgan fingerprint density at radius 1 is 1.11 bits per heavy atom. The smallest absolute Gasteiger partial charge is 0.123 e. The first-order valence-corrected chi connectivity index (χ1v) is 9.17. The van der Waals surface area contributed by atoms with Gasteiger partial charge >= 0.3 is 0 Å². The third-order valence-corrected chi connectivity index (χ3v) is 5.15. The van der Waals surface area contributed by atoms with Gasteiger partial charge in [0.1, 0.15) is 11.6 Å². The third-order valence-electron chi connectivity index (χ3n) is 5.15. The predicted octanol–water partition coefficient (Wildman–Crippen LogP) is 5.09. The average Bonchev–Trinajstić information content (AvgIpc) is 2.67. The summed E-state index contributed by atoms with van der Waals surface area (Å²) < 4.78 is 26.9. The lowest BCUT2D eigenvalue weighted by Gasteiger charge is -2.37. The van der Waals surface area contributed by atoms with E-state index < -0.39 is 0 Å². The van der Waals surface area contributed by atoms with Crippen molar-refractivity contribution in [3.63, 3.8) is 0 Å². The van der Waals surface area contributed by atoms with Crippen molar-refractivity contribution in [2.45, 2.75) is 31.8 Å². The van der Waals surface area contributed by atoms with E-state index in [0.29, 0.717) is 0 Å². The Morgan fingerprint density at radius 2 is 1.85 bits per heavy atom. The highest BCUT2D eigenvalue weighted by Gasteiger charge is 2.26. The molecule has 4 heteroatoms. The minimum atomic E-state index is -0.237. The number of hydrogen-bond donors (Lipinski definition) is 1. The first kappa shape index (κ1) is 19.2. The van der Waals surface area contributed by atoms with Gasteiger partial charge in [-0.3, -0.25) is 4.90 Å². The molecule has 3 rings (SSSR count). The van der Waals surface area contributed by atoms with Crippen LogP contribution in [0.2, 0.25) is 0 Å². The van der Waals surface area contributed by atoms with Crippen molar-refractivity contribution in [1.29, 1.82) is 5.41 Å². The molecule has 27 heavy (non-hydrogen) atoms. The maximum absolute atomic E-state index is 13.7. The Kier molecular flexibility index (Phi) is 6.30. The van der Waals surface area contributed by atoms with Gasteiger partial charge in [0.2, 0.25) is 0 Å². The quantitative estimate of drug-likeness (QED) is 0.536. The van der Waals surface area contributed by atoms with E-state index in [0.717, 1.165) is 54.6 Å². The van der Waals surface area contributed by atoms with Gasteiger partial charge in [0, 0.05) is 25.3 Å². The summed E-state index contributed by atoms with van der Waals surface area (Å²) in [5.74, 6) is -0.440. The summed E-state index contributed by atoms with van der Waals surface area (Å²) in [5, 5.41) is 7.25. The maximum Gasteiger partial charge on any atom is 0.123 e. The minimum absolute atomic E-state index is 0.203. The molecule has 0 bridgehead atoms. The van der Waals surface area contributed by atoms with Crippen LogP contribution in [0.15, 0.2) is 66.8 Å². The molecule has 140 valence electrons. The molecule has 2 nitrogen and oxygen atoms in total.